The predicted molar refractivity (Wildman–Crippen MR) is 120 cm³/mol. The second kappa shape index (κ2) is 8.16. The number of aliphatic hydroxyl groups excluding tert-OH is 1. The first kappa shape index (κ1) is 22.9. The minimum absolute atomic E-state index is 0.0399. The van der Waals surface area contributed by atoms with E-state index >= 15 is 0 Å². The van der Waals surface area contributed by atoms with E-state index in [4.69, 9.17) is 4.74 Å². The van der Waals surface area contributed by atoms with Crippen molar-refractivity contribution >= 4 is 5.97 Å². The van der Waals surface area contributed by atoms with Gasteiger partial charge in [0, 0.05) is 17.2 Å². The van der Waals surface area contributed by atoms with Crippen LogP contribution in [0.2, 0.25) is 0 Å². The summed E-state index contributed by atoms with van der Waals surface area (Å²) in [5.41, 5.74) is 5.20. The van der Waals surface area contributed by atoms with Crippen molar-refractivity contribution in [2.75, 3.05) is 0 Å². The Bertz CT molecular complexity index is 924. The molecule has 2 aromatic carbocycles. The number of carbonyl (C=O) groups is 1. The Kier molecular flexibility index (Phi) is 6.44. The van der Waals surface area contributed by atoms with E-state index in [0.29, 0.717) is 11.3 Å². The molecule has 0 aliphatic heterocycles. The number of carbonyl (C=O) groups excluding carboxylic acids is 1. The van der Waals surface area contributed by atoms with E-state index < -0.39 is 12.1 Å². The van der Waals surface area contributed by atoms with Crippen molar-refractivity contribution in [3.05, 3.63) is 76.4 Å². The zero-order chi connectivity index (χ0) is 22.1. The summed E-state index contributed by atoms with van der Waals surface area (Å²) in [7, 11) is 0. The van der Waals surface area contributed by atoms with Crippen molar-refractivity contribution in [1.29, 1.82) is 0 Å². The molecule has 0 radical (unpaired) electrons. The molecule has 0 saturated carbocycles. The minimum atomic E-state index is -0.912. The Balaban J connectivity index is 2.73. The van der Waals surface area contributed by atoms with Gasteiger partial charge in [-0.15, -0.1) is 0 Å². The van der Waals surface area contributed by atoms with E-state index in [9.17, 15) is 9.90 Å². The van der Waals surface area contributed by atoms with Crippen molar-refractivity contribution in [2.24, 2.45) is 0 Å². The normalized spacial score (nSPS) is 13.1. The lowest BCUT2D eigenvalue weighted by Crippen LogP contribution is -2.19. The number of aliphatic hydroxyl groups is 1. The van der Waals surface area contributed by atoms with Gasteiger partial charge in [-0.1, -0.05) is 83.5 Å². The maximum Gasteiger partial charge on any atom is 0.335 e. The van der Waals surface area contributed by atoms with Crippen molar-refractivity contribution < 1.29 is 14.6 Å². The Morgan fingerprint density at radius 1 is 0.966 bits per heavy atom. The molecule has 156 valence electrons. The highest BCUT2D eigenvalue weighted by atomic mass is 16.5. The highest BCUT2D eigenvalue weighted by Crippen LogP contribution is 2.40. The fourth-order valence-electron chi connectivity index (χ4n) is 3.40. The summed E-state index contributed by atoms with van der Waals surface area (Å²) in [6.45, 7) is 20.2. The third-order valence-electron chi connectivity index (χ3n) is 5.02. The van der Waals surface area contributed by atoms with Gasteiger partial charge in [-0.05, 0) is 41.9 Å². The third-order valence-corrected chi connectivity index (χ3v) is 5.02. The Morgan fingerprint density at radius 2 is 1.55 bits per heavy atom. The molecule has 2 rings (SSSR count). The lowest BCUT2D eigenvalue weighted by Gasteiger charge is -2.27. The third kappa shape index (κ3) is 5.36. The van der Waals surface area contributed by atoms with Gasteiger partial charge in [0.1, 0.15) is 11.9 Å². The molecule has 3 nitrogen and oxygen atoms in total. The molecule has 29 heavy (non-hydrogen) atoms. The average molecular weight is 395 g/mol. The number of aryl methyl sites for hydroxylation is 2. The van der Waals surface area contributed by atoms with Crippen LogP contribution in [0.1, 0.15) is 81.0 Å². The summed E-state index contributed by atoms with van der Waals surface area (Å²) in [6.07, 6.45) is 0.233. The molecule has 0 amide bonds. The Hall–Kier alpha value is -2.39. The summed E-state index contributed by atoms with van der Waals surface area (Å²) < 4.78 is 5.66. The standard InChI is InChI=1S/C26H34O3/c1-10-22(27)29-24-20(13-17(3)14-21(24)26(7,8)9)23(28)18-11-16(2)12-19(15-18)25(4,5)6/h10-15,23,28H,1H2,2-9H3. The first-order valence-electron chi connectivity index (χ1n) is 10.0. The van der Waals surface area contributed by atoms with Crippen LogP contribution < -0.4 is 4.74 Å². The van der Waals surface area contributed by atoms with Crippen molar-refractivity contribution in [3.8, 4) is 5.75 Å². The predicted octanol–water partition coefficient (Wildman–Crippen LogP) is 6.07. The van der Waals surface area contributed by atoms with Crippen LogP contribution in [0.4, 0.5) is 0 Å². The van der Waals surface area contributed by atoms with Gasteiger partial charge in [0.2, 0.25) is 0 Å². The first-order chi connectivity index (χ1) is 13.2. The maximum atomic E-state index is 12.1. The Labute approximate surface area is 175 Å². The van der Waals surface area contributed by atoms with Gasteiger partial charge in [0.25, 0.3) is 0 Å². The number of hydrogen-bond acceptors (Lipinski definition) is 3. The summed E-state index contributed by atoms with van der Waals surface area (Å²) in [5.74, 6) is -0.119. The number of benzene rings is 2. The largest absolute Gasteiger partial charge is 0.423 e. The van der Waals surface area contributed by atoms with Crippen LogP contribution in [0.5, 0.6) is 5.75 Å². The van der Waals surface area contributed by atoms with Gasteiger partial charge < -0.3 is 9.84 Å². The molecule has 3 heteroatoms. The fourth-order valence-corrected chi connectivity index (χ4v) is 3.40. The van der Waals surface area contributed by atoms with Gasteiger partial charge in [-0.25, -0.2) is 4.79 Å². The summed E-state index contributed by atoms with van der Waals surface area (Å²) in [5, 5.41) is 11.4. The minimum Gasteiger partial charge on any atom is -0.423 e. The van der Waals surface area contributed by atoms with E-state index in [1.165, 1.54) is 0 Å². The molecule has 0 aliphatic rings. The molecule has 0 saturated heterocycles. The topological polar surface area (TPSA) is 46.5 Å². The second-order valence-electron chi connectivity index (χ2n) is 9.89. The first-order valence-corrected chi connectivity index (χ1v) is 10.0. The van der Waals surface area contributed by atoms with Gasteiger partial charge in [-0.2, -0.15) is 0 Å². The maximum absolute atomic E-state index is 12.1. The van der Waals surface area contributed by atoms with E-state index in [1.807, 2.05) is 38.1 Å². The average Bonchev–Trinajstić information content (AvgIpc) is 2.59. The lowest BCUT2D eigenvalue weighted by atomic mass is 9.81. The summed E-state index contributed by atoms with van der Waals surface area (Å²) >= 11 is 0. The van der Waals surface area contributed by atoms with E-state index in [2.05, 4.69) is 54.2 Å². The van der Waals surface area contributed by atoms with Crippen LogP contribution in [-0.2, 0) is 15.6 Å². The van der Waals surface area contributed by atoms with Gasteiger partial charge in [0.05, 0.1) is 0 Å². The molecule has 0 bridgehead atoms. The van der Waals surface area contributed by atoms with Gasteiger partial charge >= 0.3 is 5.97 Å². The zero-order valence-electron chi connectivity index (χ0n) is 19.0. The van der Waals surface area contributed by atoms with Crippen LogP contribution in [-0.4, -0.2) is 11.1 Å². The van der Waals surface area contributed by atoms with Crippen LogP contribution in [0.25, 0.3) is 0 Å². The SMILES string of the molecule is C=CC(=O)Oc1c(C(O)c2cc(C)cc(C(C)(C)C)c2)cc(C)cc1C(C)(C)C. The van der Waals surface area contributed by atoms with E-state index in [-0.39, 0.29) is 10.8 Å². The highest BCUT2D eigenvalue weighted by molar-refractivity contribution is 5.84. The zero-order valence-corrected chi connectivity index (χ0v) is 19.0. The van der Waals surface area contributed by atoms with Crippen LogP contribution >= 0.6 is 0 Å². The molecule has 2 aromatic rings. The summed E-state index contributed by atoms with van der Waals surface area (Å²) in [6, 6.07) is 10.1. The monoisotopic (exact) mass is 394 g/mol. The molecule has 0 heterocycles. The van der Waals surface area contributed by atoms with Crippen LogP contribution in [0.3, 0.4) is 0 Å². The van der Waals surface area contributed by atoms with Crippen LogP contribution in [0, 0.1) is 13.8 Å². The number of hydrogen-bond donors (Lipinski definition) is 1. The van der Waals surface area contributed by atoms with Crippen LogP contribution in [0.15, 0.2) is 43.0 Å². The number of ether oxygens (including phenoxy) is 1. The molecule has 1 atom stereocenters. The Morgan fingerprint density at radius 3 is 2.07 bits per heavy atom. The molecular weight excluding hydrogens is 360 g/mol. The molecule has 0 aliphatic carbocycles. The molecule has 0 fully saturated rings. The van der Waals surface area contributed by atoms with Crippen molar-refractivity contribution in [3.63, 3.8) is 0 Å². The summed E-state index contributed by atoms with van der Waals surface area (Å²) in [4.78, 5) is 12.1. The molecule has 1 N–H and O–H groups in total. The van der Waals surface area contributed by atoms with E-state index in [1.54, 1.807) is 0 Å². The molecule has 0 spiro atoms. The quantitative estimate of drug-likeness (QED) is 0.389. The fraction of sp³-hybridized carbons (Fsp3) is 0.423. The highest BCUT2D eigenvalue weighted by Gasteiger charge is 2.27. The van der Waals surface area contributed by atoms with Crippen molar-refractivity contribution in [2.45, 2.75) is 72.3 Å². The second-order valence-corrected chi connectivity index (χ2v) is 9.89. The van der Waals surface area contributed by atoms with Gasteiger partial charge in [-0.3, -0.25) is 0 Å². The van der Waals surface area contributed by atoms with E-state index in [0.717, 1.165) is 33.9 Å². The smallest absolute Gasteiger partial charge is 0.335 e. The van der Waals surface area contributed by atoms with Gasteiger partial charge in [0.15, 0.2) is 0 Å². The lowest BCUT2D eigenvalue weighted by molar-refractivity contribution is -0.129. The number of esters is 1. The molecule has 0 aromatic heterocycles. The molecule has 1 unspecified atom stereocenters. The molecular formula is C26H34O3. The number of rotatable bonds is 4. The van der Waals surface area contributed by atoms with Crippen molar-refractivity contribution in [1.82, 2.24) is 0 Å².